The predicted octanol–water partition coefficient (Wildman–Crippen LogP) is 1.86. The third-order valence-corrected chi connectivity index (χ3v) is 4.19. The van der Waals surface area contributed by atoms with E-state index in [4.69, 9.17) is 4.74 Å². The lowest BCUT2D eigenvalue weighted by atomic mass is 10.1. The summed E-state index contributed by atoms with van der Waals surface area (Å²) in [7, 11) is 3.21. The lowest BCUT2D eigenvalue weighted by molar-refractivity contribution is -0.135. The van der Waals surface area contributed by atoms with E-state index in [1.807, 2.05) is 6.07 Å². The summed E-state index contributed by atoms with van der Waals surface area (Å²) in [5.74, 6) is 0.576. The molecule has 1 aliphatic rings. The Morgan fingerprint density at radius 1 is 1.46 bits per heavy atom. The van der Waals surface area contributed by atoms with Crippen molar-refractivity contribution in [3.8, 4) is 11.5 Å². The van der Waals surface area contributed by atoms with Gasteiger partial charge in [-0.05, 0) is 23.6 Å². The average Bonchev–Trinajstić information content (AvgIpc) is 2.87. The van der Waals surface area contributed by atoms with Crippen molar-refractivity contribution in [2.45, 2.75) is 26.8 Å². The quantitative estimate of drug-likeness (QED) is 0.862. The molecule has 1 heterocycles. The second kappa shape index (κ2) is 7.55. The first-order valence-corrected chi connectivity index (χ1v) is 8.20. The summed E-state index contributed by atoms with van der Waals surface area (Å²) in [5, 5.41) is 9.83. The summed E-state index contributed by atoms with van der Waals surface area (Å²) in [6.07, 6.45) is 0.282. The van der Waals surface area contributed by atoms with Crippen molar-refractivity contribution >= 4 is 11.8 Å². The highest BCUT2D eigenvalue weighted by molar-refractivity contribution is 5.89. The summed E-state index contributed by atoms with van der Waals surface area (Å²) < 4.78 is 5.02. The number of hydrogen-bond acceptors (Lipinski definition) is 4. The van der Waals surface area contributed by atoms with Crippen LogP contribution in [0.5, 0.6) is 11.5 Å². The normalized spacial score (nSPS) is 17.5. The fraction of sp³-hybridized carbons (Fsp3) is 0.556. The smallest absolute Gasteiger partial charge is 0.228 e. The molecule has 1 aromatic rings. The van der Waals surface area contributed by atoms with Crippen LogP contribution in [0.3, 0.4) is 0 Å². The van der Waals surface area contributed by atoms with Crippen molar-refractivity contribution in [1.82, 2.24) is 9.80 Å². The first-order chi connectivity index (χ1) is 11.3. The zero-order valence-corrected chi connectivity index (χ0v) is 14.8. The van der Waals surface area contributed by atoms with Crippen LogP contribution in [0.1, 0.15) is 25.8 Å². The standard InChI is InChI=1S/C18H26N2O4/c1-12(2)9-20-11-14(8-17(20)22)18(23)19(3)10-13-5-6-16(24-4)15(21)7-13/h5-7,12,14,21H,8-11H2,1-4H3. The lowest BCUT2D eigenvalue weighted by Gasteiger charge is -2.22. The van der Waals surface area contributed by atoms with Gasteiger partial charge in [0.2, 0.25) is 11.8 Å². The molecule has 0 aromatic heterocycles. The summed E-state index contributed by atoms with van der Waals surface area (Å²) >= 11 is 0. The molecule has 1 fully saturated rings. The van der Waals surface area contributed by atoms with E-state index in [0.29, 0.717) is 31.3 Å². The molecular weight excluding hydrogens is 308 g/mol. The number of methoxy groups -OCH3 is 1. The Hall–Kier alpha value is -2.24. The monoisotopic (exact) mass is 334 g/mol. The minimum absolute atomic E-state index is 0.0371. The Bertz CT molecular complexity index is 615. The summed E-state index contributed by atoms with van der Waals surface area (Å²) in [5.41, 5.74) is 0.813. The van der Waals surface area contributed by atoms with E-state index in [2.05, 4.69) is 13.8 Å². The number of aromatic hydroxyl groups is 1. The molecule has 1 aliphatic heterocycles. The van der Waals surface area contributed by atoms with Gasteiger partial charge in [0.25, 0.3) is 0 Å². The van der Waals surface area contributed by atoms with E-state index in [0.717, 1.165) is 5.56 Å². The molecule has 24 heavy (non-hydrogen) atoms. The van der Waals surface area contributed by atoms with Gasteiger partial charge in [0.1, 0.15) is 0 Å². The molecule has 1 unspecified atom stereocenters. The number of amides is 2. The molecule has 6 heteroatoms. The number of phenols is 1. The van der Waals surface area contributed by atoms with Gasteiger partial charge < -0.3 is 19.6 Å². The van der Waals surface area contributed by atoms with Crippen molar-refractivity contribution in [2.24, 2.45) is 11.8 Å². The van der Waals surface area contributed by atoms with E-state index in [-0.39, 0.29) is 29.9 Å². The fourth-order valence-corrected chi connectivity index (χ4v) is 3.05. The topological polar surface area (TPSA) is 70.1 Å². The van der Waals surface area contributed by atoms with E-state index in [1.165, 1.54) is 7.11 Å². The molecule has 2 amide bonds. The number of ether oxygens (including phenoxy) is 1. The van der Waals surface area contributed by atoms with Gasteiger partial charge in [0.05, 0.1) is 13.0 Å². The largest absolute Gasteiger partial charge is 0.504 e. The van der Waals surface area contributed by atoms with Gasteiger partial charge in [-0.15, -0.1) is 0 Å². The molecule has 1 aromatic carbocycles. The molecule has 6 nitrogen and oxygen atoms in total. The molecule has 1 atom stereocenters. The molecule has 2 rings (SSSR count). The molecular formula is C18H26N2O4. The van der Waals surface area contributed by atoms with Crippen molar-refractivity contribution in [2.75, 3.05) is 27.2 Å². The first kappa shape index (κ1) is 18.1. The van der Waals surface area contributed by atoms with Gasteiger partial charge >= 0.3 is 0 Å². The lowest BCUT2D eigenvalue weighted by Crippen LogP contribution is -2.35. The zero-order valence-electron chi connectivity index (χ0n) is 14.8. The highest BCUT2D eigenvalue weighted by atomic mass is 16.5. The molecule has 0 saturated carbocycles. The number of carbonyl (C=O) groups is 2. The second-order valence-electron chi connectivity index (χ2n) is 6.79. The van der Waals surface area contributed by atoms with Crippen LogP contribution in [0.2, 0.25) is 0 Å². The number of rotatable bonds is 6. The van der Waals surface area contributed by atoms with Crippen LogP contribution in [0.25, 0.3) is 0 Å². The maximum atomic E-state index is 12.6. The number of likely N-dealkylation sites (tertiary alicyclic amines) is 1. The van der Waals surface area contributed by atoms with Gasteiger partial charge in [-0.1, -0.05) is 19.9 Å². The van der Waals surface area contributed by atoms with Crippen LogP contribution in [-0.2, 0) is 16.1 Å². The first-order valence-electron chi connectivity index (χ1n) is 8.20. The minimum atomic E-state index is -0.284. The van der Waals surface area contributed by atoms with Crippen LogP contribution in [-0.4, -0.2) is 54.0 Å². The van der Waals surface area contributed by atoms with Crippen molar-refractivity contribution in [3.63, 3.8) is 0 Å². The summed E-state index contributed by atoms with van der Waals surface area (Å²) in [6, 6.07) is 5.08. The van der Waals surface area contributed by atoms with Gasteiger partial charge in [-0.25, -0.2) is 0 Å². The number of phenolic OH excluding ortho intramolecular Hbond substituents is 1. The van der Waals surface area contributed by atoms with E-state index in [1.54, 1.807) is 29.0 Å². The molecule has 1 saturated heterocycles. The van der Waals surface area contributed by atoms with E-state index >= 15 is 0 Å². The van der Waals surface area contributed by atoms with Crippen LogP contribution >= 0.6 is 0 Å². The fourth-order valence-electron chi connectivity index (χ4n) is 3.05. The number of nitrogens with zero attached hydrogens (tertiary/aromatic N) is 2. The third kappa shape index (κ3) is 4.19. The second-order valence-corrected chi connectivity index (χ2v) is 6.79. The number of benzene rings is 1. The summed E-state index contributed by atoms with van der Waals surface area (Å²) in [6.45, 7) is 5.69. The number of carbonyl (C=O) groups excluding carboxylic acids is 2. The van der Waals surface area contributed by atoms with Crippen LogP contribution in [0.15, 0.2) is 18.2 Å². The Morgan fingerprint density at radius 2 is 2.17 bits per heavy atom. The average molecular weight is 334 g/mol. The van der Waals surface area contributed by atoms with Crippen LogP contribution in [0, 0.1) is 11.8 Å². The van der Waals surface area contributed by atoms with Gasteiger partial charge in [-0.2, -0.15) is 0 Å². The zero-order chi connectivity index (χ0) is 17.9. The van der Waals surface area contributed by atoms with Crippen molar-refractivity contribution in [1.29, 1.82) is 0 Å². The molecule has 0 radical (unpaired) electrons. The Labute approximate surface area is 143 Å². The molecule has 1 N–H and O–H groups in total. The van der Waals surface area contributed by atoms with Crippen LogP contribution < -0.4 is 4.74 Å². The third-order valence-electron chi connectivity index (χ3n) is 4.19. The highest BCUT2D eigenvalue weighted by Crippen LogP contribution is 2.27. The Morgan fingerprint density at radius 3 is 2.75 bits per heavy atom. The van der Waals surface area contributed by atoms with Gasteiger partial charge in [-0.3, -0.25) is 9.59 Å². The van der Waals surface area contributed by atoms with Gasteiger partial charge in [0, 0.05) is 33.1 Å². The van der Waals surface area contributed by atoms with Crippen molar-refractivity contribution < 1.29 is 19.4 Å². The highest BCUT2D eigenvalue weighted by Gasteiger charge is 2.35. The van der Waals surface area contributed by atoms with E-state index < -0.39 is 0 Å². The maximum absolute atomic E-state index is 12.6. The molecule has 0 spiro atoms. The molecule has 132 valence electrons. The maximum Gasteiger partial charge on any atom is 0.228 e. The minimum Gasteiger partial charge on any atom is -0.504 e. The SMILES string of the molecule is COc1ccc(CN(C)C(=O)C2CC(=O)N(CC(C)C)C2)cc1O. The van der Waals surface area contributed by atoms with Gasteiger partial charge in [0.15, 0.2) is 11.5 Å². The summed E-state index contributed by atoms with van der Waals surface area (Å²) in [4.78, 5) is 28.0. The number of hydrogen-bond donors (Lipinski definition) is 1. The Balaban J connectivity index is 1.97. The predicted molar refractivity (Wildman–Crippen MR) is 90.7 cm³/mol. The molecule has 0 aliphatic carbocycles. The molecule has 0 bridgehead atoms. The Kier molecular flexibility index (Phi) is 5.70. The van der Waals surface area contributed by atoms with E-state index in [9.17, 15) is 14.7 Å². The van der Waals surface area contributed by atoms with Crippen LogP contribution in [0.4, 0.5) is 0 Å². The van der Waals surface area contributed by atoms with Crippen molar-refractivity contribution in [3.05, 3.63) is 23.8 Å².